The van der Waals surface area contributed by atoms with Crippen molar-refractivity contribution >= 4 is 11.9 Å². The Morgan fingerprint density at radius 2 is 1.33 bits per heavy atom. The molecule has 0 saturated heterocycles. The summed E-state index contributed by atoms with van der Waals surface area (Å²) in [5.74, 6) is -0.905. The van der Waals surface area contributed by atoms with Gasteiger partial charge in [0.1, 0.15) is 5.75 Å². The molecule has 4 nitrogen and oxygen atoms in total. The molecule has 27 heavy (non-hydrogen) atoms. The van der Waals surface area contributed by atoms with E-state index in [0.29, 0.717) is 33.6 Å². The third-order valence-corrected chi connectivity index (χ3v) is 5.65. The van der Waals surface area contributed by atoms with Gasteiger partial charge in [0.2, 0.25) is 0 Å². The van der Waals surface area contributed by atoms with Crippen molar-refractivity contribution in [1.82, 2.24) is 0 Å². The van der Waals surface area contributed by atoms with Gasteiger partial charge in [-0.1, -0.05) is 13.0 Å². The highest BCUT2D eigenvalue weighted by Crippen LogP contribution is 2.34. The fourth-order valence-corrected chi connectivity index (χ4v) is 3.98. The summed E-state index contributed by atoms with van der Waals surface area (Å²) in [7, 11) is 0. The minimum Gasteiger partial charge on any atom is -0.478 e. The number of rotatable bonds is 4. The predicted octanol–water partition coefficient (Wildman–Crippen LogP) is 5.33. The maximum Gasteiger partial charge on any atom is 0.344 e. The van der Waals surface area contributed by atoms with Crippen LogP contribution in [-0.2, 0) is 6.42 Å². The van der Waals surface area contributed by atoms with Gasteiger partial charge in [-0.25, -0.2) is 9.59 Å². The molecule has 0 fully saturated rings. The predicted molar refractivity (Wildman–Crippen MR) is 107 cm³/mol. The van der Waals surface area contributed by atoms with Crippen LogP contribution in [-0.4, -0.2) is 17.0 Å². The summed E-state index contributed by atoms with van der Waals surface area (Å²) < 4.78 is 5.83. The molecule has 2 aromatic carbocycles. The van der Waals surface area contributed by atoms with E-state index in [2.05, 4.69) is 13.8 Å². The number of carboxylic acid groups (broad SMARTS) is 1. The van der Waals surface area contributed by atoms with Crippen molar-refractivity contribution in [3.05, 3.63) is 61.7 Å². The molecule has 0 aliphatic carbocycles. The van der Waals surface area contributed by atoms with Gasteiger partial charge in [0.15, 0.2) is 0 Å². The summed E-state index contributed by atoms with van der Waals surface area (Å²) in [4.78, 5) is 24.6. The summed E-state index contributed by atoms with van der Waals surface area (Å²) in [6.07, 6.45) is 0.849. The Morgan fingerprint density at radius 3 is 1.78 bits per heavy atom. The Bertz CT molecular complexity index is 923. The molecule has 0 amide bonds. The standard InChI is InChI=1S/C23H28O4/c1-9-18-11(2)10-12(3)19(17(18)8)23(26)27-21-15(6)13(4)20(22(24)25)14(5)16(21)7/h10H,9H2,1-8H3,(H,24,25). The Labute approximate surface area is 161 Å². The van der Waals surface area contributed by atoms with Gasteiger partial charge < -0.3 is 9.84 Å². The smallest absolute Gasteiger partial charge is 0.344 e. The first kappa shape index (κ1) is 20.7. The van der Waals surface area contributed by atoms with Gasteiger partial charge in [-0.15, -0.1) is 0 Å². The van der Waals surface area contributed by atoms with Crippen LogP contribution >= 0.6 is 0 Å². The van der Waals surface area contributed by atoms with E-state index in [0.717, 1.165) is 23.1 Å². The molecule has 2 aromatic rings. The SMILES string of the molecule is CCc1c(C)cc(C)c(C(=O)Oc2c(C)c(C)c(C(=O)O)c(C)c2C)c1C. The first-order chi connectivity index (χ1) is 12.5. The molecule has 0 unspecified atom stereocenters. The van der Waals surface area contributed by atoms with Crippen molar-refractivity contribution < 1.29 is 19.4 Å². The lowest BCUT2D eigenvalue weighted by molar-refractivity contribution is 0.0694. The summed E-state index contributed by atoms with van der Waals surface area (Å²) >= 11 is 0. The van der Waals surface area contributed by atoms with E-state index in [-0.39, 0.29) is 5.56 Å². The lowest BCUT2D eigenvalue weighted by Crippen LogP contribution is -2.17. The van der Waals surface area contributed by atoms with Gasteiger partial charge in [-0.3, -0.25) is 0 Å². The van der Waals surface area contributed by atoms with Crippen LogP contribution in [0.25, 0.3) is 0 Å². The summed E-state index contributed by atoms with van der Waals surface area (Å²) in [6.45, 7) is 15.1. The summed E-state index contributed by atoms with van der Waals surface area (Å²) in [5.41, 5.74) is 7.66. The number of aryl methyl sites for hydroxylation is 2. The molecule has 144 valence electrons. The fourth-order valence-electron chi connectivity index (χ4n) is 3.98. The monoisotopic (exact) mass is 368 g/mol. The quantitative estimate of drug-likeness (QED) is 0.585. The van der Waals surface area contributed by atoms with Crippen LogP contribution in [0.3, 0.4) is 0 Å². The highest BCUT2D eigenvalue weighted by molar-refractivity contribution is 5.96. The van der Waals surface area contributed by atoms with Crippen LogP contribution in [0.5, 0.6) is 5.75 Å². The second-order valence-corrected chi connectivity index (χ2v) is 7.24. The van der Waals surface area contributed by atoms with Crippen LogP contribution in [0, 0.1) is 48.5 Å². The van der Waals surface area contributed by atoms with Crippen LogP contribution in [0.4, 0.5) is 0 Å². The number of benzene rings is 2. The average molecular weight is 368 g/mol. The Morgan fingerprint density at radius 1 is 0.815 bits per heavy atom. The third kappa shape index (κ3) is 3.48. The third-order valence-electron chi connectivity index (χ3n) is 5.65. The minimum atomic E-state index is -0.966. The Balaban J connectivity index is 2.60. The minimum absolute atomic E-state index is 0.278. The van der Waals surface area contributed by atoms with Gasteiger partial charge in [0, 0.05) is 0 Å². The van der Waals surface area contributed by atoms with Crippen molar-refractivity contribution in [3.8, 4) is 5.75 Å². The highest BCUT2D eigenvalue weighted by Gasteiger charge is 2.24. The van der Waals surface area contributed by atoms with Gasteiger partial charge >= 0.3 is 11.9 Å². The van der Waals surface area contributed by atoms with Crippen LogP contribution < -0.4 is 4.74 Å². The summed E-state index contributed by atoms with van der Waals surface area (Å²) in [6, 6.07) is 2.02. The van der Waals surface area contributed by atoms with Crippen molar-refractivity contribution in [2.75, 3.05) is 0 Å². The molecule has 0 heterocycles. The molecule has 1 N–H and O–H groups in total. The molecule has 0 aromatic heterocycles. The zero-order valence-electron chi connectivity index (χ0n) is 17.5. The van der Waals surface area contributed by atoms with Crippen LogP contribution in [0.2, 0.25) is 0 Å². The Hall–Kier alpha value is -2.62. The topological polar surface area (TPSA) is 63.6 Å². The molecule has 0 saturated carbocycles. The number of hydrogen-bond acceptors (Lipinski definition) is 3. The van der Waals surface area contributed by atoms with E-state index in [1.807, 2.05) is 19.9 Å². The van der Waals surface area contributed by atoms with Gasteiger partial charge in [0.05, 0.1) is 11.1 Å². The average Bonchev–Trinajstić information content (AvgIpc) is 2.56. The highest BCUT2D eigenvalue weighted by atomic mass is 16.5. The van der Waals surface area contributed by atoms with E-state index in [4.69, 9.17) is 4.74 Å². The van der Waals surface area contributed by atoms with E-state index in [9.17, 15) is 14.7 Å². The van der Waals surface area contributed by atoms with E-state index in [1.54, 1.807) is 27.7 Å². The number of carbonyl (C=O) groups is 2. The molecule has 0 radical (unpaired) electrons. The maximum atomic E-state index is 13.0. The molecular weight excluding hydrogens is 340 g/mol. The van der Waals surface area contributed by atoms with Gasteiger partial charge in [-0.2, -0.15) is 0 Å². The van der Waals surface area contributed by atoms with E-state index in [1.165, 1.54) is 5.56 Å². The van der Waals surface area contributed by atoms with E-state index >= 15 is 0 Å². The molecule has 0 spiro atoms. The number of aromatic carboxylic acids is 1. The lowest BCUT2D eigenvalue weighted by Gasteiger charge is -2.20. The molecule has 2 rings (SSSR count). The van der Waals surface area contributed by atoms with Crippen LogP contribution in [0.15, 0.2) is 6.07 Å². The van der Waals surface area contributed by atoms with E-state index < -0.39 is 11.9 Å². The second-order valence-electron chi connectivity index (χ2n) is 7.24. The normalized spacial score (nSPS) is 10.8. The number of ether oxygens (including phenoxy) is 1. The summed E-state index contributed by atoms with van der Waals surface area (Å²) in [5, 5.41) is 9.49. The number of carbonyl (C=O) groups excluding carboxylic acids is 1. The van der Waals surface area contributed by atoms with Gasteiger partial charge in [0.25, 0.3) is 0 Å². The first-order valence-electron chi connectivity index (χ1n) is 9.18. The number of carboxylic acids is 1. The van der Waals surface area contributed by atoms with Crippen molar-refractivity contribution in [2.24, 2.45) is 0 Å². The zero-order valence-corrected chi connectivity index (χ0v) is 17.5. The maximum absolute atomic E-state index is 13.0. The zero-order chi connectivity index (χ0) is 20.6. The molecule has 4 heteroatoms. The fraction of sp³-hybridized carbons (Fsp3) is 0.391. The van der Waals surface area contributed by atoms with Crippen LogP contribution in [0.1, 0.15) is 72.1 Å². The first-order valence-corrected chi connectivity index (χ1v) is 9.18. The van der Waals surface area contributed by atoms with Crippen molar-refractivity contribution in [1.29, 1.82) is 0 Å². The lowest BCUT2D eigenvalue weighted by atomic mass is 9.91. The van der Waals surface area contributed by atoms with Crippen molar-refractivity contribution in [2.45, 2.75) is 61.8 Å². The number of esters is 1. The molecule has 0 aliphatic heterocycles. The molecule has 0 bridgehead atoms. The Kier molecular flexibility index (Phi) is 5.79. The molecular formula is C23H28O4. The van der Waals surface area contributed by atoms with Gasteiger partial charge in [-0.05, 0) is 99.4 Å². The second kappa shape index (κ2) is 7.55. The van der Waals surface area contributed by atoms with Crippen molar-refractivity contribution in [3.63, 3.8) is 0 Å². The molecule has 0 atom stereocenters. The number of hydrogen-bond donors (Lipinski definition) is 1. The largest absolute Gasteiger partial charge is 0.478 e. The molecule has 0 aliphatic rings.